The molecule has 0 aliphatic carbocycles. The molecule has 0 radical (unpaired) electrons. The number of esters is 3. The van der Waals surface area contributed by atoms with Crippen LogP contribution in [0.15, 0.2) is 41.5 Å². The van der Waals surface area contributed by atoms with E-state index < -0.39 is 61.0 Å². The molecule has 0 aromatic heterocycles. The zero-order valence-corrected chi connectivity index (χ0v) is 44.0. The molecule has 5 atom stereocenters. The molecule has 0 spiro atoms. The average Bonchev–Trinajstić information content (AvgIpc) is 3.03. The Morgan fingerprint density at radius 2 is 1.14 bits per heavy atom. The van der Waals surface area contributed by atoms with Crippen molar-refractivity contribution in [2.24, 2.45) is 5.11 Å². The van der Waals surface area contributed by atoms with Crippen molar-refractivity contribution in [2.45, 2.75) is 37.5 Å². The van der Waals surface area contributed by atoms with Crippen LogP contribution in [0, 0.1) is 32.1 Å². The first kappa shape index (κ1) is 44.1. The van der Waals surface area contributed by atoms with Gasteiger partial charge in [-0.1, -0.05) is 5.11 Å². The summed E-state index contributed by atoms with van der Waals surface area (Å²) in [7, 11) is 0. The SMILES string of the molecule is CC(=O)N[C@@H]1[C@@H](OC(=O)c2cc(I)cc(I)c2I)[C@H](OC(=O)c2cc(I)cc(I)c2I)[C@@H](COC(=O)c2cc(I)cc(I)c2I)O[C@H]1N=[N+]=[N-]. The van der Waals surface area contributed by atoms with Crippen molar-refractivity contribution in [3.63, 3.8) is 0 Å². The van der Waals surface area contributed by atoms with Crippen LogP contribution in [0.25, 0.3) is 10.4 Å². The number of azide groups is 1. The van der Waals surface area contributed by atoms with Crippen LogP contribution in [-0.2, 0) is 23.7 Å². The maximum absolute atomic E-state index is 13.9. The highest BCUT2D eigenvalue weighted by molar-refractivity contribution is 14.1. The number of amides is 1. The molecule has 21 heteroatoms. The Bertz CT molecular complexity index is 1930. The quantitative estimate of drug-likeness (QED) is 0.0421. The number of carbonyl (C=O) groups excluding carboxylic acids is 4. The zero-order valence-electron chi connectivity index (χ0n) is 24.6. The Balaban J connectivity index is 1.82. The molecule has 0 bridgehead atoms. The third-order valence-corrected chi connectivity index (χ3v) is 17.7. The first-order chi connectivity index (χ1) is 23.5. The van der Waals surface area contributed by atoms with Crippen LogP contribution >= 0.6 is 203 Å². The van der Waals surface area contributed by atoms with Crippen molar-refractivity contribution in [1.82, 2.24) is 5.32 Å². The highest BCUT2D eigenvalue weighted by Crippen LogP contribution is 2.33. The van der Waals surface area contributed by atoms with Crippen molar-refractivity contribution in [3.05, 3.63) is 95.7 Å². The lowest BCUT2D eigenvalue weighted by atomic mass is 9.95. The van der Waals surface area contributed by atoms with Crippen LogP contribution in [0.3, 0.4) is 0 Å². The molecule has 1 fully saturated rings. The normalized spacial score (nSPS) is 19.9. The zero-order chi connectivity index (χ0) is 37.0. The third kappa shape index (κ3) is 11.2. The Hall–Kier alpha value is 1.38. The smallest absolute Gasteiger partial charge is 0.339 e. The molecule has 0 saturated carbocycles. The lowest BCUT2D eigenvalue weighted by Crippen LogP contribution is -2.65. The highest BCUT2D eigenvalue weighted by Gasteiger charge is 2.51. The van der Waals surface area contributed by atoms with Gasteiger partial charge in [0.15, 0.2) is 18.4 Å². The van der Waals surface area contributed by atoms with Crippen molar-refractivity contribution >= 4 is 227 Å². The molecule has 0 unspecified atom stereocenters. The molecule has 1 aliphatic heterocycles. The predicted octanol–water partition coefficient (Wildman–Crippen LogP) is 9.28. The molecule has 1 N–H and O–H groups in total. The minimum atomic E-state index is -1.46. The van der Waals surface area contributed by atoms with Crippen molar-refractivity contribution in [3.8, 4) is 0 Å². The van der Waals surface area contributed by atoms with Gasteiger partial charge >= 0.3 is 17.9 Å². The van der Waals surface area contributed by atoms with Gasteiger partial charge in [-0.15, -0.1) is 0 Å². The van der Waals surface area contributed by atoms with Crippen molar-refractivity contribution < 1.29 is 38.1 Å². The van der Waals surface area contributed by atoms with Gasteiger partial charge in [-0.2, -0.15) is 0 Å². The Kier molecular flexibility index (Phi) is 17.6. The van der Waals surface area contributed by atoms with Crippen molar-refractivity contribution in [2.75, 3.05) is 6.61 Å². The minimum Gasteiger partial charge on any atom is -0.459 e. The van der Waals surface area contributed by atoms with E-state index in [0.29, 0.717) is 16.3 Å². The van der Waals surface area contributed by atoms with E-state index in [0.717, 1.165) is 21.4 Å². The van der Waals surface area contributed by atoms with E-state index in [1.807, 2.05) is 63.4 Å². The fourth-order valence-corrected chi connectivity index (χ4v) is 11.7. The van der Waals surface area contributed by atoms with Crippen LogP contribution in [0.2, 0.25) is 0 Å². The number of ether oxygens (including phenoxy) is 4. The maximum atomic E-state index is 13.9. The Morgan fingerprint density at radius 3 is 1.56 bits per heavy atom. The van der Waals surface area contributed by atoms with Gasteiger partial charge in [0.05, 0.1) is 16.7 Å². The summed E-state index contributed by atoms with van der Waals surface area (Å²) in [5.41, 5.74) is 10.2. The fourth-order valence-electron chi connectivity index (χ4n) is 4.60. The number of hydrogen-bond donors (Lipinski definition) is 1. The minimum absolute atomic E-state index is 0.230. The van der Waals surface area contributed by atoms with Crippen LogP contribution in [0.1, 0.15) is 38.0 Å². The first-order valence-electron chi connectivity index (χ1n) is 13.5. The van der Waals surface area contributed by atoms with Gasteiger partial charge in [0, 0.05) is 44.0 Å². The van der Waals surface area contributed by atoms with Crippen LogP contribution < -0.4 is 5.32 Å². The Morgan fingerprint density at radius 1 is 0.720 bits per heavy atom. The van der Waals surface area contributed by atoms with E-state index in [4.69, 9.17) is 18.9 Å². The molecular weight excluding hydrogens is 1670 g/mol. The van der Waals surface area contributed by atoms with Gasteiger partial charge in [0.1, 0.15) is 18.8 Å². The number of nitrogens with zero attached hydrogens (tertiary/aromatic N) is 3. The number of halogens is 9. The van der Waals surface area contributed by atoms with Gasteiger partial charge < -0.3 is 24.3 Å². The Labute approximate surface area is 408 Å². The number of hydrogen-bond acceptors (Lipinski definition) is 9. The number of carbonyl (C=O) groups is 4. The summed E-state index contributed by atoms with van der Waals surface area (Å²) in [5, 5.41) is 6.39. The first-order valence-corrected chi connectivity index (χ1v) is 23.2. The molecule has 4 rings (SSSR count). The third-order valence-electron chi connectivity index (χ3n) is 6.70. The van der Waals surface area contributed by atoms with E-state index in [9.17, 15) is 24.7 Å². The average molecular weight is 1690 g/mol. The summed E-state index contributed by atoms with van der Waals surface area (Å²) < 4.78 is 30.8. The molecule has 264 valence electrons. The van der Waals surface area contributed by atoms with Gasteiger partial charge in [0.2, 0.25) is 5.91 Å². The van der Waals surface area contributed by atoms with Gasteiger partial charge in [-0.25, -0.2) is 14.4 Å². The molecule has 50 heavy (non-hydrogen) atoms. The van der Waals surface area contributed by atoms with Crippen molar-refractivity contribution in [1.29, 1.82) is 0 Å². The van der Waals surface area contributed by atoms with Gasteiger partial charge in [-0.3, -0.25) is 4.79 Å². The summed E-state index contributed by atoms with van der Waals surface area (Å²) in [6.07, 6.45) is -5.68. The lowest BCUT2D eigenvalue weighted by molar-refractivity contribution is -0.195. The summed E-state index contributed by atoms with van der Waals surface area (Å²) in [6, 6.07) is 9.37. The number of rotatable bonds is 9. The van der Waals surface area contributed by atoms with Crippen LogP contribution in [0.4, 0.5) is 0 Å². The molecule has 1 heterocycles. The monoisotopic (exact) mass is 1690 g/mol. The maximum Gasteiger partial charge on any atom is 0.339 e. The fraction of sp³-hybridized carbons (Fsp3) is 0.241. The molecule has 1 aliphatic rings. The summed E-state index contributed by atoms with van der Waals surface area (Å²) >= 11 is 18.7. The van der Waals surface area contributed by atoms with Crippen LogP contribution in [-0.4, -0.2) is 61.0 Å². The van der Waals surface area contributed by atoms with E-state index in [2.05, 4.69) is 173 Å². The summed E-state index contributed by atoms with van der Waals surface area (Å²) in [4.78, 5) is 56.6. The van der Waals surface area contributed by atoms with Gasteiger partial charge in [0.25, 0.3) is 0 Å². The van der Waals surface area contributed by atoms with Crippen LogP contribution in [0.5, 0.6) is 0 Å². The largest absolute Gasteiger partial charge is 0.459 e. The molecule has 12 nitrogen and oxygen atoms in total. The molecule has 1 saturated heterocycles. The standard InChI is InChI=1S/C29H17I9N4O8/c1-9(43)40-23-25(50-29(46)15-4-12(32)7-18(35)22(15)38)24(49-28(45)14-3-11(31)6-17(34)21(14)37)19(48-26(23)41-42-39)8-47-27(44)13-2-10(30)5-16(33)20(13)36/h2-7,19,23-26H,8H2,1H3,(H,40,43)/t19-,23-,24-,25-,26-/m1/s1. The molecule has 3 aromatic rings. The molecular formula is C29H17I9N4O8. The molecule has 3 aromatic carbocycles. The van der Waals surface area contributed by atoms with E-state index in [1.165, 1.54) is 6.92 Å². The number of benzene rings is 3. The second-order valence-electron chi connectivity index (χ2n) is 10.1. The second kappa shape index (κ2) is 20.0. The van der Waals surface area contributed by atoms with E-state index in [1.54, 1.807) is 18.2 Å². The summed E-state index contributed by atoms with van der Waals surface area (Å²) in [6.45, 7) is 0.735. The highest BCUT2D eigenvalue weighted by atomic mass is 127. The van der Waals surface area contributed by atoms with E-state index in [-0.39, 0.29) is 11.1 Å². The predicted molar refractivity (Wildman–Crippen MR) is 258 cm³/mol. The summed E-state index contributed by atoms with van der Waals surface area (Å²) in [5.74, 6) is -2.80. The molecule has 1 amide bonds. The lowest BCUT2D eigenvalue weighted by Gasteiger charge is -2.44. The van der Waals surface area contributed by atoms with E-state index >= 15 is 0 Å². The second-order valence-corrected chi connectivity index (χ2v) is 20.5. The number of nitrogens with one attached hydrogen (secondary N) is 1. The van der Waals surface area contributed by atoms with Gasteiger partial charge in [-0.05, 0) is 245 Å². The topological polar surface area (TPSA) is 166 Å².